The molecule has 0 aromatic carbocycles. The Morgan fingerprint density at radius 2 is 2.27 bits per heavy atom. The van der Waals surface area contributed by atoms with Gasteiger partial charge in [0.05, 0.1) is 6.10 Å². The maximum Gasteiger partial charge on any atom is 0.0515 e. The van der Waals surface area contributed by atoms with E-state index in [0.717, 1.165) is 12.8 Å². The molecule has 0 aliphatic carbocycles. The van der Waals surface area contributed by atoms with E-state index in [4.69, 9.17) is 5.11 Å². The lowest BCUT2D eigenvalue weighted by Gasteiger charge is -2.02. The summed E-state index contributed by atoms with van der Waals surface area (Å²) in [6, 6.07) is 0. The molecule has 62 valence electrons. The van der Waals surface area contributed by atoms with Gasteiger partial charge < -0.3 is 5.11 Å². The molecule has 0 aliphatic heterocycles. The lowest BCUT2D eigenvalue weighted by molar-refractivity contribution is 0.185. The molecule has 0 spiro atoms. The molecule has 1 unspecified atom stereocenters. The average Bonchev–Trinajstić information content (AvgIpc) is 2.31. The van der Waals surface area contributed by atoms with E-state index in [0.29, 0.717) is 0 Å². The van der Waals surface area contributed by atoms with E-state index >= 15 is 0 Å². The third-order valence-corrected chi connectivity index (χ3v) is 2.70. The van der Waals surface area contributed by atoms with Gasteiger partial charge in [-0.15, -0.1) is 0 Å². The summed E-state index contributed by atoms with van der Waals surface area (Å²) in [6.45, 7) is 3.95. The van der Waals surface area contributed by atoms with E-state index in [1.807, 2.05) is 6.92 Å². The summed E-state index contributed by atoms with van der Waals surface area (Å²) < 4.78 is 0. The van der Waals surface area contributed by atoms with Gasteiger partial charge in [0.2, 0.25) is 0 Å². The molecule has 0 saturated heterocycles. The molecule has 11 heavy (non-hydrogen) atoms. The van der Waals surface area contributed by atoms with Crippen molar-refractivity contribution in [3.8, 4) is 0 Å². The van der Waals surface area contributed by atoms with Gasteiger partial charge in [0.25, 0.3) is 0 Å². The second-order valence-electron chi connectivity index (χ2n) is 2.97. The summed E-state index contributed by atoms with van der Waals surface area (Å²) in [5, 5.41) is 13.4. The Morgan fingerprint density at radius 3 is 2.73 bits per heavy atom. The Bertz CT molecular complexity index is 215. The molecule has 1 heterocycles. The molecule has 1 nitrogen and oxygen atoms in total. The molecule has 1 rings (SSSR count). The van der Waals surface area contributed by atoms with E-state index in [1.165, 1.54) is 11.1 Å². The summed E-state index contributed by atoms with van der Waals surface area (Å²) in [5.41, 5.74) is 2.74. The Morgan fingerprint density at radius 1 is 1.55 bits per heavy atom. The molecule has 0 aliphatic rings. The quantitative estimate of drug-likeness (QED) is 0.738. The highest BCUT2D eigenvalue weighted by atomic mass is 32.1. The molecule has 0 bridgehead atoms. The van der Waals surface area contributed by atoms with Gasteiger partial charge in [-0.1, -0.05) is 0 Å². The highest BCUT2D eigenvalue weighted by Gasteiger charge is 2.00. The van der Waals surface area contributed by atoms with E-state index in [-0.39, 0.29) is 6.10 Å². The van der Waals surface area contributed by atoms with Crippen LogP contribution in [0, 0.1) is 6.92 Å². The van der Waals surface area contributed by atoms with Crippen molar-refractivity contribution in [1.82, 2.24) is 0 Å². The van der Waals surface area contributed by atoms with E-state index in [1.54, 1.807) is 11.3 Å². The van der Waals surface area contributed by atoms with Crippen LogP contribution in [0.25, 0.3) is 0 Å². The van der Waals surface area contributed by atoms with Crippen LogP contribution >= 0.6 is 11.3 Å². The summed E-state index contributed by atoms with van der Waals surface area (Å²) in [4.78, 5) is 0. The minimum absolute atomic E-state index is 0.172. The highest BCUT2D eigenvalue weighted by molar-refractivity contribution is 7.08. The number of aryl methyl sites for hydroxylation is 2. The molecule has 1 atom stereocenters. The normalized spacial score (nSPS) is 13.4. The van der Waals surface area contributed by atoms with Crippen LogP contribution < -0.4 is 0 Å². The van der Waals surface area contributed by atoms with Crippen LogP contribution in [0.4, 0.5) is 0 Å². The van der Waals surface area contributed by atoms with Crippen LogP contribution in [-0.2, 0) is 6.42 Å². The van der Waals surface area contributed by atoms with Crippen LogP contribution in [0.3, 0.4) is 0 Å². The first-order valence-electron chi connectivity index (χ1n) is 3.90. The Hall–Kier alpha value is -0.340. The molecule has 0 amide bonds. The Labute approximate surface area is 71.7 Å². The number of rotatable bonds is 3. The average molecular weight is 170 g/mol. The molecule has 0 saturated carbocycles. The van der Waals surface area contributed by atoms with Crippen LogP contribution in [0.15, 0.2) is 10.8 Å². The number of thiophene rings is 1. The van der Waals surface area contributed by atoms with E-state index < -0.39 is 0 Å². The predicted molar refractivity (Wildman–Crippen MR) is 49.1 cm³/mol. The molecule has 2 heteroatoms. The van der Waals surface area contributed by atoms with Crippen molar-refractivity contribution in [3.63, 3.8) is 0 Å². The maximum absolute atomic E-state index is 9.05. The van der Waals surface area contributed by atoms with E-state index in [9.17, 15) is 0 Å². The van der Waals surface area contributed by atoms with Crippen molar-refractivity contribution in [3.05, 3.63) is 21.9 Å². The SMILES string of the molecule is Cc1cscc1CCC(C)O. The van der Waals surface area contributed by atoms with Gasteiger partial charge in [0.1, 0.15) is 0 Å². The zero-order chi connectivity index (χ0) is 8.27. The Balaban J connectivity index is 2.44. The summed E-state index contributed by atoms with van der Waals surface area (Å²) in [5.74, 6) is 0. The third-order valence-electron chi connectivity index (χ3n) is 1.79. The van der Waals surface area contributed by atoms with Gasteiger partial charge in [-0.05, 0) is 48.6 Å². The van der Waals surface area contributed by atoms with Gasteiger partial charge in [-0.2, -0.15) is 11.3 Å². The fourth-order valence-electron chi connectivity index (χ4n) is 1.01. The van der Waals surface area contributed by atoms with Gasteiger partial charge >= 0.3 is 0 Å². The summed E-state index contributed by atoms with van der Waals surface area (Å²) in [6.07, 6.45) is 1.71. The van der Waals surface area contributed by atoms with Gasteiger partial charge in [-0.25, -0.2) is 0 Å². The van der Waals surface area contributed by atoms with Crippen molar-refractivity contribution >= 4 is 11.3 Å². The van der Waals surface area contributed by atoms with Gasteiger partial charge in [0, 0.05) is 0 Å². The van der Waals surface area contributed by atoms with Gasteiger partial charge in [0.15, 0.2) is 0 Å². The molecular weight excluding hydrogens is 156 g/mol. The van der Waals surface area contributed by atoms with Crippen LogP contribution in [0.2, 0.25) is 0 Å². The number of hydrogen-bond donors (Lipinski definition) is 1. The Kier molecular flexibility index (Phi) is 3.09. The second kappa shape index (κ2) is 3.88. The lowest BCUT2D eigenvalue weighted by Crippen LogP contribution is -2.01. The number of hydrogen-bond acceptors (Lipinski definition) is 2. The van der Waals surface area contributed by atoms with Crippen molar-refractivity contribution < 1.29 is 5.11 Å². The fraction of sp³-hybridized carbons (Fsp3) is 0.556. The highest BCUT2D eigenvalue weighted by Crippen LogP contribution is 2.15. The van der Waals surface area contributed by atoms with Crippen LogP contribution in [-0.4, -0.2) is 11.2 Å². The zero-order valence-corrected chi connectivity index (χ0v) is 7.82. The van der Waals surface area contributed by atoms with Crippen molar-refractivity contribution in [2.75, 3.05) is 0 Å². The van der Waals surface area contributed by atoms with Gasteiger partial charge in [-0.3, -0.25) is 0 Å². The number of aliphatic hydroxyl groups excluding tert-OH is 1. The maximum atomic E-state index is 9.05. The third kappa shape index (κ3) is 2.64. The molecule has 0 fully saturated rings. The van der Waals surface area contributed by atoms with E-state index in [2.05, 4.69) is 17.7 Å². The lowest BCUT2D eigenvalue weighted by atomic mass is 10.1. The first-order valence-corrected chi connectivity index (χ1v) is 4.84. The molecule has 0 radical (unpaired) electrons. The second-order valence-corrected chi connectivity index (χ2v) is 3.71. The van der Waals surface area contributed by atoms with Crippen molar-refractivity contribution in [2.24, 2.45) is 0 Å². The van der Waals surface area contributed by atoms with Crippen molar-refractivity contribution in [2.45, 2.75) is 32.8 Å². The largest absolute Gasteiger partial charge is 0.393 e. The minimum atomic E-state index is -0.172. The summed E-state index contributed by atoms with van der Waals surface area (Å²) in [7, 11) is 0. The zero-order valence-electron chi connectivity index (χ0n) is 7.00. The summed E-state index contributed by atoms with van der Waals surface area (Å²) >= 11 is 1.74. The van der Waals surface area contributed by atoms with Crippen LogP contribution in [0.1, 0.15) is 24.5 Å². The van der Waals surface area contributed by atoms with Crippen molar-refractivity contribution in [1.29, 1.82) is 0 Å². The topological polar surface area (TPSA) is 20.2 Å². The fourth-order valence-corrected chi connectivity index (χ4v) is 1.90. The molecule has 1 aromatic rings. The standard InChI is InChI=1S/C9H14OS/c1-7-5-11-6-9(7)4-3-8(2)10/h5-6,8,10H,3-4H2,1-2H3. The molecular formula is C9H14OS. The smallest absolute Gasteiger partial charge is 0.0515 e. The molecule has 1 aromatic heterocycles. The monoisotopic (exact) mass is 170 g/mol. The number of aliphatic hydroxyl groups is 1. The first-order chi connectivity index (χ1) is 5.20. The predicted octanol–water partition coefficient (Wildman–Crippen LogP) is 2.37. The first kappa shape index (κ1) is 8.75. The van der Waals surface area contributed by atoms with Crippen LogP contribution in [0.5, 0.6) is 0 Å². The minimum Gasteiger partial charge on any atom is -0.393 e. The molecule has 1 N–H and O–H groups in total.